The van der Waals surface area contributed by atoms with Crippen molar-refractivity contribution in [1.29, 1.82) is 0 Å². The molecule has 0 unspecified atom stereocenters. The molecule has 1 aliphatic heterocycles. The average Bonchev–Trinajstić information content (AvgIpc) is 2.86. The van der Waals surface area contributed by atoms with E-state index < -0.39 is 10.0 Å². The van der Waals surface area contributed by atoms with E-state index in [-0.39, 0.29) is 22.8 Å². The number of hydrogen-bond donors (Lipinski definition) is 1. The number of nitrogens with one attached hydrogen (secondary N) is 1. The predicted molar refractivity (Wildman–Crippen MR) is 129 cm³/mol. The van der Waals surface area contributed by atoms with Gasteiger partial charge in [-0.05, 0) is 60.7 Å². The molecule has 0 saturated carbocycles. The fraction of sp³-hybridized carbons (Fsp3) is 0.308. The van der Waals surface area contributed by atoms with E-state index in [2.05, 4.69) is 10.3 Å². The number of piperidine rings is 1. The maximum Gasteiger partial charge on any atom is 0.243 e. The van der Waals surface area contributed by atoms with Crippen molar-refractivity contribution in [3.05, 3.63) is 90.3 Å². The van der Waals surface area contributed by atoms with Crippen molar-refractivity contribution in [2.24, 2.45) is 0 Å². The molecule has 0 bridgehead atoms. The molecule has 6 nitrogen and oxygen atoms in total. The number of benzene rings is 2. The highest BCUT2D eigenvalue weighted by Crippen LogP contribution is 2.35. The van der Waals surface area contributed by atoms with Gasteiger partial charge in [0.05, 0.1) is 16.9 Å². The van der Waals surface area contributed by atoms with Gasteiger partial charge in [0.2, 0.25) is 15.9 Å². The molecule has 0 radical (unpaired) electrons. The third kappa shape index (κ3) is 5.15. The zero-order valence-electron chi connectivity index (χ0n) is 18.7. The lowest BCUT2D eigenvalue weighted by atomic mass is 9.95. The van der Waals surface area contributed by atoms with E-state index in [1.54, 1.807) is 41.0 Å². The summed E-state index contributed by atoms with van der Waals surface area (Å²) in [5.41, 5.74) is 2.45. The summed E-state index contributed by atoms with van der Waals surface area (Å²) >= 11 is 0. The summed E-state index contributed by atoms with van der Waals surface area (Å²) in [6, 6.07) is 19.7. The van der Waals surface area contributed by atoms with Crippen LogP contribution < -0.4 is 5.32 Å². The van der Waals surface area contributed by atoms with Crippen molar-refractivity contribution in [3.63, 3.8) is 0 Å². The number of carbonyl (C=O) groups is 1. The number of pyridine rings is 1. The third-order valence-corrected chi connectivity index (χ3v) is 8.10. The van der Waals surface area contributed by atoms with Gasteiger partial charge in [-0.15, -0.1) is 0 Å². The van der Waals surface area contributed by atoms with Crippen LogP contribution in [-0.2, 0) is 14.8 Å². The summed E-state index contributed by atoms with van der Waals surface area (Å²) in [6.45, 7) is 2.46. The standard InChI is InChI=1S/C26H29N3O3S/c1-2-24(20-9-4-3-5-10-20)26(30)28-22-13-15-23(16-14-22)33(31,32)29-18-7-6-12-25(29)21-11-8-17-27-19-21/h3-5,8-11,13-17,19,24-25H,2,6-7,12,18H2,1H3,(H,28,30)/t24-,25+/m0/s1. The molecule has 1 amide bonds. The molecule has 2 heterocycles. The molecule has 3 aromatic rings. The van der Waals surface area contributed by atoms with E-state index in [4.69, 9.17) is 0 Å². The van der Waals surface area contributed by atoms with Gasteiger partial charge in [-0.3, -0.25) is 9.78 Å². The molecule has 1 aliphatic rings. The van der Waals surface area contributed by atoms with Crippen LogP contribution in [0.3, 0.4) is 0 Å². The number of nitrogens with zero attached hydrogens (tertiary/aromatic N) is 2. The van der Waals surface area contributed by atoms with Crippen LogP contribution in [0.2, 0.25) is 0 Å². The quantitative estimate of drug-likeness (QED) is 0.527. The molecule has 1 N–H and O–H groups in total. The molecule has 172 valence electrons. The van der Waals surface area contributed by atoms with Gasteiger partial charge in [-0.25, -0.2) is 8.42 Å². The summed E-state index contributed by atoms with van der Waals surface area (Å²) in [7, 11) is -3.68. The summed E-state index contributed by atoms with van der Waals surface area (Å²) in [6.07, 6.45) is 6.70. The van der Waals surface area contributed by atoms with Gasteiger partial charge >= 0.3 is 0 Å². The molecule has 1 aromatic heterocycles. The molecule has 4 rings (SSSR count). The number of aromatic nitrogens is 1. The minimum atomic E-state index is -3.68. The summed E-state index contributed by atoms with van der Waals surface area (Å²) < 4.78 is 28.5. The maximum atomic E-state index is 13.5. The van der Waals surface area contributed by atoms with Crippen LogP contribution in [0.15, 0.2) is 84.0 Å². The number of carbonyl (C=O) groups excluding carboxylic acids is 1. The normalized spacial score (nSPS) is 17.9. The van der Waals surface area contributed by atoms with Crippen LogP contribution in [0, 0.1) is 0 Å². The van der Waals surface area contributed by atoms with Gasteiger partial charge in [-0.2, -0.15) is 4.31 Å². The summed E-state index contributed by atoms with van der Waals surface area (Å²) in [5.74, 6) is -0.366. The zero-order valence-corrected chi connectivity index (χ0v) is 19.5. The maximum absolute atomic E-state index is 13.5. The fourth-order valence-corrected chi connectivity index (χ4v) is 6.11. The summed E-state index contributed by atoms with van der Waals surface area (Å²) in [5, 5.41) is 2.93. The Kier molecular flexibility index (Phi) is 7.20. The van der Waals surface area contributed by atoms with Gasteiger partial charge in [0.1, 0.15) is 0 Å². The van der Waals surface area contributed by atoms with Gasteiger partial charge in [0, 0.05) is 24.6 Å². The molecule has 7 heteroatoms. The second-order valence-corrected chi connectivity index (χ2v) is 10.2. The molecule has 2 aromatic carbocycles. The number of rotatable bonds is 7. The molecular formula is C26H29N3O3S. The molecule has 1 saturated heterocycles. The second-order valence-electron chi connectivity index (χ2n) is 8.30. The Morgan fingerprint density at radius 1 is 1.06 bits per heavy atom. The number of amides is 1. The number of sulfonamides is 1. The molecule has 33 heavy (non-hydrogen) atoms. The van der Waals surface area contributed by atoms with Crippen LogP contribution in [0.5, 0.6) is 0 Å². The predicted octanol–water partition coefficient (Wildman–Crippen LogP) is 5.13. The third-order valence-electron chi connectivity index (χ3n) is 6.18. The topological polar surface area (TPSA) is 79.4 Å². The van der Waals surface area contributed by atoms with Gasteiger partial charge in [0.25, 0.3) is 0 Å². The smallest absolute Gasteiger partial charge is 0.243 e. The Labute approximate surface area is 195 Å². The number of anilines is 1. The fourth-order valence-electron chi connectivity index (χ4n) is 4.43. The van der Waals surface area contributed by atoms with Gasteiger partial charge < -0.3 is 5.32 Å². The zero-order chi connectivity index (χ0) is 23.3. The SMILES string of the molecule is CC[C@H](C(=O)Nc1ccc(S(=O)(=O)N2CCCC[C@@H]2c2cccnc2)cc1)c1ccccc1. The van der Waals surface area contributed by atoms with E-state index in [9.17, 15) is 13.2 Å². The Morgan fingerprint density at radius 2 is 1.82 bits per heavy atom. The average molecular weight is 464 g/mol. The monoisotopic (exact) mass is 463 g/mol. The number of hydrogen-bond acceptors (Lipinski definition) is 4. The first-order valence-electron chi connectivity index (χ1n) is 11.4. The van der Waals surface area contributed by atoms with Crippen LogP contribution >= 0.6 is 0 Å². The van der Waals surface area contributed by atoms with Crippen molar-refractivity contribution in [2.75, 3.05) is 11.9 Å². The lowest BCUT2D eigenvalue weighted by Crippen LogP contribution is -2.38. The first-order valence-corrected chi connectivity index (χ1v) is 12.8. The minimum absolute atomic E-state index is 0.105. The van der Waals surface area contributed by atoms with E-state index in [1.165, 1.54) is 0 Å². The highest BCUT2D eigenvalue weighted by atomic mass is 32.2. The highest BCUT2D eigenvalue weighted by molar-refractivity contribution is 7.89. The van der Waals surface area contributed by atoms with Crippen LogP contribution in [0.4, 0.5) is 5.69 Å². The van der Waals surface area contributed by atoms with Crippen molar-refractivity contribution in [2.45, 2.75) is 49.5 Å². The molecule has 1 fully saturated rings. The highest BCUT2D eigenvalue weighted by Gasteiger charge is 2.34. The first-order chi connectivity index (χ1) is 16.0. The van der Waals surface area contributed by atoms with Gasteiger partial charge in [0.15, 0.2) is 0 Å². The van der Waals surface area contributed by atoms with Crippen LogP contribution in [-0.4, -0.2) is 30.2 Å². The molecule has 0 spiro atoms. The van der Waals surface area contributed by atoms with E-state index in [1.807, 2.05) is 49.4 Å². The van der Waals surface area contributed by atoms with E-state index in [0.29, 0.717) is 18.7 Å². The molecule has 0 aliphatic carbocycles. The lowest BCUT2D eigenvalue weighted by molar-refractivity contribution is -0.117. The Morgan fingerprint density at radius 3 is 2.48 bits per heavy atom. The van der Waals surface area contributed by atoms with Crippen molar-refractivity contribution >= 4 is 21.6 Å². The van der Waals surface area contributed by atoms with Crippen LogP contribution in [0.25, 0.3) is 0 Å². The Balaban J connectivity index is 1.51. The lowest BCUT2D eigenvalue weighted by Gasteiger charge is -2.34. The van der Waals surface area contributed by atoms with Crippen molar-refractivity contribution in [1.82, 2.24) is 9.29 Å². The first kappa shape index (κ1) is 23.1. The minimum Gasteiger partial charge on any atom is -0.326 e. The van der Waals surface area contributed by atoms with Crippen molar-refractivity contribution < 1.29 is 13.2 Å². The van der Waals surface area contributed by atoms with Crippen molar-refractivity contribution in [3.8, 4) is 0 Å². The molecule has 2 atom stereocenters. The Hall–Kier alpha value is -3.03. The van der Waals surface area contributed by atoms with Gasteiger partial charge in [-0.1, -0.05) is 49.7 Å². The van der Waals surface area contributed by atoms with E-state index in [0.717, 1.165) is 30.4 Å². The van der Waals surface area contributed by atoms with Crippen LogP contribution in [0.1, 0.15) is 55.7 Å². The molecular weight excluding hydrogens is 434 g/mol. The van der Waals surface area contributed by atoms with E-state index >= 15 is 0 Å². The summed E-state index contributed by atoms with van der Waals surface area (Å²) in [4.78, 5) is 17.2. The Bertz CT molecular complexity index is 1170. The second kappa shape index (κ2) is 10.3. The largest absolute Gasteiger partial charge is 0.326 e.